The summed E-state index contributed by atoms with van der Waals surface area (Å²) in [6.45, 7) is 4.90. The van der Waals surface area contributed by atoms with E-state index in [1.165, 1.54) is 6.08 Å². The summed E-state index contributed by atoms with van der Waals surface area (Å²) in [5, 5.41) is 44.9. The lowest BCUT2D eigenvalue weighted by molar-refractivity contribution is -0.294. The summed E-state index contributed by atoms with van der Waals surface area (Å²) in [4.78, 5) is 26.6. The average Bonchev–Trinajstić information content (AvgIpc) is 3.42. The lowest BCUT2D eigenvalue weighted by Crippen LogP contribution is -2.76. The van der Waals surface area contributed by atoms with E-state index in [-0.39, 0.29) is 25.0 Å². The summed E-state index contributed by atoms with van der Waals surface area (Å²) < 4.78 is 17.7. The molecule has 4 fully saturated rings. The molecular weight excluding hydrogens is 492 g/mol. The van der Waals surface area contributed by atoms with Crippen molar-refractivity contribution < 1.29 is 44.2 Å². The summed E-state index contributed by atoms with van der Waals surface area (Å²) in [5.41, 5.74) is -4.86. The van der Waals surface area contributed by atoms with Crippen LogP contribution in [0, 0.1) is 22.7 Å². The van der Waals surface area contributed by atoms with Crippen LogP contribution in [0.5, 0.6) is 0 Å². The molecule has 10 atom stereocenters. The van der Waals surface area contributed by atoms with E-state index in [0.29, 0.717) is 13.0 Å². The molecule has 9 nitrogen and oxygen atoms in total. The molecule has 38 heavy (non-hydrogen) atoms. The van der Waals surface area contributed by atoms with Crippen LogP contribution in [0.25, 0.3) is 6.08 Å². The summed E-state index contributed by atoms with van der Waals surface area (Å²) >= 11 is 0. The minimum atomic E-state index is -1.81. The molecule has 208 valence electrons. The molecule has 2 heterocycles. The number of benzene rings is 1. The van der Waals surface area contributed by atoms with Gasteiger partial charge in [0.1, 0.15) is 23.6 Å². The Labute approximate surface area is 222 Å². The molecule has 5 rings (SSSR count). The Bertz CT molecular complexity index is 1110. The van der Waals surface area contributed by atoms with Crippen LogP contribution in [0.3, 0.4) is 0 Å². The lowest BCUT2D eigenvalue weighted by Gasteiger charge is -2.66. The number of fused-ring (bicyclic) bond motifs is 2. The number of esters is 1. The fourth-order valence-electron chi connectivity index (χ4n) is 7.68. The smallest absolute Gasteiger partial charge is 0.331 e. The Balaban J connectivity index is 1.54. The number of hydrogen-bond acceptors (Lipinski definition) is 9. The molecule has 0 unspecified atom stereocenters. The number of aliphatic hydroxyl groups is 4. The van der Waals surface area contributed by atoms with Crippen molar-refractivity contribution in [1.29, 1.82) is 0 Å². The van der Waals surface area contributed by atoms with Crippen molar-refractivity contribution in [3.8, 4) is 0 Å². The topological polar surface area (TPSA) is 143 Å². The highest BCUT2D eigenvalue weighted by Gasteiger charge is 2.74. The van der Waals surface area contributed by atoms with E-state index in [0.717, 1.165) is 5.56 Å². The van der Waals surface area contributed by atoms with Crippen LogP contribution >= 0.6 is 0 Å². The summed E-state index contributed by atoms with van der Waals surface area (Å²) in [5.74, 6) is -2.40. The third-order valence-corrected chi connectivity index (χ3v) is 10.2. The number of ether oxygens (including phenoxy) is 3. The SMILES string of the molecule is C[C@@H]1[C@@H](OC(=O)/C=C\c2ccccc2)[C@H](O)[C@]2(C)[C@H](C(=O)CC[C@]2(O)CO)[C@@]1(C)[C@@H]1C[C@@]2(O)CCO[C@H]2O1. The second-order valence-electron chi connectivity index (χ2n) is 12.0. The molecule has 0 radical (unpaired) electrons. The average molecular weight is 531 g/mol. The number of aliphatic hydroxyl groups excluding tert-OH is 2. The Morgan fingerprint density at radius 1 is 1.18 bits per heavy atom. The molecule has 1 aromatic carbocycles. The first kappa shape index (κ1) is 27.4. The van der Waals surface area contributed by atoms with Gasteiger partial charge in [-0.2, -0.15) is 0 Å². The van der Waals surface area contributed by atoms with E-state index in [1.807, 2.05) is 37.3 Å². The Morgan fingerprint density at radius 3 is 2.55 bits per heavy atom. The van der Waals surface area contributed by atoms with Crippen molar-refractivity contribution in [1.82, 2.24) is 0 Å². The lowest BCUT2D eigenvalue weighted by atomic mass is 9.41. The zero-order valence-electron chi connectivity index (χ0n) is 22.1. The van der Waals surface area contributed by atoms with Crippen LogP contribution < -0.4 is 0 Å². The first-order valence-electron chi connectivity index (χ1n) is 13.4. The van der Waals surface area contributed by atoms with Gasteiger partial charge in [-0.25, -0.2) is 4.79 Å². The van der Waals surface area contributed by atoms with Crippen molar-refractivity contribution in [2.75, 3.05) is 13.2 Å². The highest BCUT2D eigenvalue weighted by molar-refractivity contribution is 5.87. The standard InChI is InChI=1S/C29H38O9/c1-17-22(38-21(32)10-9-18-7-5-4-6-8-18)24(33)27(3)23(19(31)11-12-29(27,35)16-30)26(17,2)20-15-28(34)13-14-36-25(28)37-20/h4-10,17,20,22-25,30,33-35H,11-16H2,1-3H3/b10-9-/t17-,20+,22-,23-,24+,25+,26-,27+,28+,29+/m1/s1. The van der Waals surface area contributed by atoms with Crippen LogP contribution in [0.1, 0.15) is 52.0 Å². The van der Waals surface area contributed by atoms with Crippen molar-refractivity contribution in [2.45, 2.75) is 82.3 Å². The van der Waals surface area contributed by atoms with Gasteiger partial charge in [0.25, 0.3) is 0 Å². The van der Waals surface area contributed by atoms with Crippen molar-refractivity contribution in [3.63, 3.8) is 0 Å². The fourth-order valence-corrected chi connectivity index (χ4v) is 7.68. The zero-order chi connectivity index (χ0) is 27.5. The molecule has 9 heteroatoms. The Hall–Kier alpha value is -2.14. The zero-order valence-corrected chi connectivity index (χ0v) is 22.1. The number of ketones is 1. The maximum absolute atomic E-state index is 13.6. The molecule has 0 bridgehead atoms. The van der Waals surface area contributed by atoms with Crippen LogP contribution in [-0.2, 0) is 23.8 Å². The molecule has 0 aromatic heterocycles. The predicted molar refractivity (Wildman–Crippen MR) is 135 cm³/mol. The van der Waals surface area contributed by atoms with Gasteiger partial charge in [0, 0.05) is 48.0 Å². The van der Waals surface area contributed by atoms with Gasteiger partial charge < -0.3 is 34.6 Å². The van der Waals surface area contributed by atoms with E-state index in [1.54, 1.807) is 19.9 Å². The van der Waals surface area contributed by atoms with Crippen LogP contribution in [0.4, 0.5) is 0 Å². The van der Waals surface area contributed by atoms with E-state index >= 15 is 0 Å². The first-order chi connectivity index (χ1) is 17.9. The number of Topliss-reactive ketones (excluding diaryl/α,β-unsaturated/α-hetero) is 1. The van der Waals surface area contributed by atoms with Crippen molar-refractivity contribution >= 4 is 17.8 Å². The minimum absolute atomic E-state index is 0.0214. The van der Waals surface area contributed by atoms with Gasteiger partial charge in [0.05, 0.1) is 24.9 Å². The molecule has 2 aliphatic heterocycles. The van der Waals surface area contributed by atoms with Crippen LogP contribution in [0.15, 0.2) is 36.4 Å². The third-order valence-electron chi connectivity index (χ3n) is 10.2. The normalized spacial score (nSPS) is 46.7. The van der Waals surface area contributed by atoms with E-state index < -0.39 is 71.0 Å². The molecule has 2 saturated heterocycles. The molecule has 4 N–H and O–H groups in total. The minimum Gasteiger partial charge on any atom is -0.456 e. The molecular formula is C29H38O9. The summed E-state index contributed by atoms with van der Waals surface area (Å²) in [6.07, 6.45) is -0.660. The van der Waals surface area contributed by atoms with Gasteiger partial charge in [-0.3, -0.25) is 4.79 Å². The Morgan fingerprint density at radius 2 is 1.89 bits per heavy atom. The highest BCUT2D eigenvalue weighted by atomic mass is 16.7. The first-order valence-corrected chi connectivity index (χ1v) is 13.4. The second-order valence-corrected chi connectivity index (χ2v) is 12.0. The van der Waals surface area contributed by atoms with Gasteiger partial charge in [0.2, 0.25) is 0 Å². The highest BCUT2D eigenvalue weighted by Crippen LogP contribution is 2.65. The molecule has 1 aromatic rings. The third kappa shape index (κ3) is 3.90. The molecule has 2 aliphatic carbocycles. The number of rotatable bonds is 5. The van der Waals surface area contributed by atoms with Crippen LogP contribution in [-0.4, -0.2) is 81.2 Å². The largest absolute Gasteiger partial charge is 0.456 e. The fraction of sp³-hybridized carbons (Fsp3) is 0.655. The maximum atomic E-state index is 13.6. The van der Waals surface area contributed by atoms with Crippen LogP contribution in [0.2, 0.25) is 0 Å². The molecule has 2 saturated carbocycles. The number of carbonyl (C=O) groups is 2. The van der Waals surface area contributed by atoms with E-state index in [9.17, 15) is 30.0 Å². The van der Waals surface area contributed by atoms with Gasteiger partial charge in [-0.15, -0.1) is 0 Å². The molecule has 0 spiro atoms. The number of carbonyl (C=O) groups excluding carboxylic acids is 2. The molecule has 4 aliphatic rings. The van der Waals surface area contributed by atoms with Gasteiger partial charge in [0.15, 0.2) is 6.29 Å². The van der Waals surface area contributed by atoms with Crippen molar-refractivity contribution in [2.24, 2.45) is 22.7 Å². The summed E-state index contributed by atoms with van der Waals surface area (Å²) in [7, 11) is 0. The van der Waals surface area contributed by atoms with Gasteiger partial charge in [-0.1, -0.05) is 51.1 Å². The molecule has 0 amide bonds. The quantitative estimate of drug-likeness (QED) is 0.330. The van der Waals surface area contributed by atoms with E-state index in [4.69, 9.17) is 14.2 Å². The second kappa shape index (κ2) is 9.50. The monoisotopic (exact) mass is 530 g/mol. The summed E-state index contributed by atoms with van der Waals surface area (Å²) in [6, 6.07) is 9.22. The Kier molecular flexibility index (Phi) is 6.86. The predicted octanol–water partition coefficient (Wildman–Crippen LogP) is 1.60. The number of hydrogen-bond donors (Lipinski definition) is 4. The van der Waals surface area contributed by atoms with Crippen molar-refractivity contribution in [3.05, 3.63) is 42.0 Å². The van der Waals surface area contributed by atoms with Gasteiger partial charge >= 0.3 is 5.97 Å². The van der Waals surface area contributed by atoms with E-state index in [2.05, 4.69) is 0 Å². The maximum Gasteiger partial charge on any atom is 0.331 e. The van der Waals surface area contributed by atoms with Gasteiger partial charge in [-0.05, 0) is 18.1 Å².